The van der Waals surface area contributed by atoms with Crippen LogP contribution >= 0.6 is 11.8 Å². The van der Waals surface area contributed by atoms with Crippen LogP contribution < -0.4 is 5.73 Å². The van der Waals surface area contributed by atoms with E-state index in [0.29, 0.717) is 18.3 Å². The second-order valence-electron chi connectivity index (χ2n) is 3.99. The number of aromatic nitrogens is 2. The molecule has 96 valence electrons. The Morgan fingerprint density at radius 1 is 1.22 bits per heavy atom. The fourth-order valence-electron chi connectivity index (χ4n) is 1.63. The second kappa shape index (κ2) is 6.56. The third-order valence-electron chi connectivity index (χ3n) is 2.66. The molecule has 1 aromatic carbocycles. The standard InChI is InChI=1S/C13H17N3OS/c1-18-11-7-5-10(6-8-11)13-15-12(17-16-13)4-2-3-9-14/h5-8H,2-4,9,14H2,1H3. The Morgan fingerprint density at radius 2 is 2.00 bits per heavy atom. The summed E-state index contributed by atoms with van der Waals surface area (Å²) in [7, 11) is 0. The van der Waals surface area contributed by atoms with Gasteiger partial charge in [-0.3, -0.25) is 0 Å². The van der Waals surface area contributed by atoms with Crippen LogP contribution in [0.3, 0.4) is 0 Å². The van der Waals surface area contributed by atoms with E-state index in [1.807, 2.05) is 12.1 Å². The maximum Gasteiger partial charge on any atom is 0.226 e. The minimum atomic E-state index is 0.658. The topological polar surface area (TPSA) is 64.9 Å². The van der Waals surface area contributed by atoms with Crippen molar-refractivity contribution in [1.82, 2.24) is 10.1 Å². The summed E-state index contributed by atoms with van der Waals surface area (Å²) in [5.74, 6) is 1.35. The summed E-state index contributed by atoms with van der Waals surface area (Å²) in [6.45, 7) is 0.705. The lowest BCUT2D eigenvalue weighted by Crippen LogP contribution is -1.99. The average molecular weight is 263 g/mol. The Morgan fingerprint density at radius 3 is 2.67 bits per heavy atom. The molecular formula is C13H17N3OS. The van der Waals surface area contributed by atoms with Crippen LogP contribution in [0.15, 0.2) is 33.7 Å². The Balaban J connectivity index is 2.04. The Kier molecular flexibility index (Phi) is 4.78. The quantitative estimate of drug-likeness (QED) is 0.641. The SMILES string of the molecule is CSc1ccc(-c2noc(CCCCN)n2)cc1. The van der Waals surface area contributed by atoms with Crippen molar-refractivity contribution in [1.29, 1.82) is 0 Å². The molecule has 0 unspecified atom stereocenters. The number of aryl methyl sites for hydroxylation is 1. The van der Waals surface area contributed by atoms with Gasteiger partial charge in [0.05, 0.1) is 0 Å². The van der Waals surface area contributed by atoms with Crippen LogP contribution in [-0.4, -0.2) is 22.9 Å². The molecule has 1 aromatic heterocycles. The number of rotatable bonds is 6. The molecule has 5 heteroatoms. The van der Waals surface area contributed by atoms with Crippen molar-refractivity contribution in [2.24, 2.45) is 5.73 Å². The summed E-state index contributed by atoms with van der Waals surface area (Å²) in [5.41, 5.74) is 6.44. The highest BCUT2D eigenvalue weighted by molar-refractivity contribution is 7.98. The molecule has 0 spiro atoms. The van der Waals surface area contributed by atoms with Gasteiger partial charge in [0.15, 0.2) is 0 Å². The molecule has 18 heavy (non-hydrogen) atoms. The zero-order valence-corrected chi connectivity index (χ0v) is 11.2. The van der Waals surface area contributed by atoms with E-state index in [9.17, 15) is 0 Å². The van der Waals surface area contributed by atoms with Gasteiger partial charge in [0.2, 0.25) is 11.7 Å². The minimum absolute atomic E-state index is 0.658. The lowest BCUT2D eigenvalue weighted by molar-refractivity contribution is 0.375. The summed E-state index contributed by atoms with van der Waals surface area (Å²) >= 11 is 1.72. The van der Waals surface area contributed by atoms with Crippen molar-refractivity contribution in [2.45, 2.75) is 24.2 Å². The molecule has 2 N–H and O–H groups in total. The molecule has 2 aromatic rings. The second-order valence-corrected chi connectivity index (χ2v) is 4.87. The van der Waals surface area contributed by atoms with Gasteiger partial charge in [-0.15, -0.1) is 11.8 Å². The van der Waals surface area contributed by atoms with Gasteiger partial charge in [0.25, 0.3) is 0 Å². The first-order chi connectivity index (χ1) is 8.83. The first-order valence-corrected chi connectivity index (χ1v) is 7.23. The van der Waals surface area contributed by atoms with E-state index in [2.05, 4.69) is 28.5 Å². The molecule has 0 saturated carbocycles. The number of benzene rings is 1. The largest absolute Gasteiger partial charge is 0.339 e. The highest BCUT2D eigenvalue weighted by atomic mass is 32.2. The van der Waals surface area contributed by atoms with Gasteiger partial charge < -0.3 is 10.3 Å². The third-order valence-corrected chi connectivity index (χ3v) is 3.40. The molecule has 1 heterocycles. The first kappa shape index (κ1) is 13.1. The van der Waals surface area contributed by atoms with Gasteiger partial charge in [-0.05, 0) is 49.9 Å². The van der Waals surface area contributed by atoms with Gasteiger partial charge in [0.1, 0.15) is 0 Å². The maximum atomic E-state index is 5.45. The normalized spacial score (nSPS) is 10.8. The number of hydrogen-bond acceptors (Lipinski definition) is 5. The molecule has 0 aliphatic rings. The van der Waals surface area contributed by atoms with Crippen molar-refractivity contribution in [3.63, 3.8) is 0 Å². The summed E-state index contributed by atoms with van der Waals surface area (Å²) in [6.07, 6.45) is 4.83. The molecule has 0 atom stereocenters. The Labute approximate surface area is 111 Å². The molecule has 0 amide bonds. The van der Waals surface area contributed by atoms with Crippen LogP contribution in [0.5, 0.6) is 0 Å². The van der Waals surface area contributed by atoms with E-state index in [0.717, 1.165) is 24.8 Å². The van der Waals surface area contributed by atoms with Crippen molar-refractivity contribution < 1.29 is 4.52 Å². The highest BCUT2D eigenvalue weighted by Gasteiger charge is 2.08. The average Bonchev–Trinajstić information content (AvgIpc) is 2.88. The van der Waals surface area contributed by atoms with Crippen LogP contribution in [0, 0.1) is 0 Å². The van der Waals surface area contributed by atoms with Gasteiger partial charge in [-0.2, -0.15) is 4.98 Å². The number of nitrogens with two attached hydrogens (primary N) is 1. The van der Waals surface area contributed by atoms with Gasteiger partial charge in [0, 0.05) is 16.9 Å². The molecule has 0 saturated heterocycles. The van der Waals surface area contributed by atoms with Crippen molar-refractivity contribution in [3.05, 3.63) is 30.2 Å². The summed E-state index contributed by atoms with van der Waals surface area (Å²) in [4.78, 5) is 5.61. The lowest BCUT2D eigenvalue weighted by atomic mass is 10.2. The zero-order chi connectivity index (χ0) is 12.8. The lowest BCUT2D eigenvalue weighted by Gasteiger charge is -1.96. The summed E-state index contributed by atoms with van der Waals surface area (Å²) in [5, 5.41) is 4.00. The van der Waals surface area contributed by atoms with E-state index < -0.39 is 0 Å². The van der Waals surface area contributed by atoms with E-state index >= 15 is 0 Å². The molecule has 2 rings (SSSR count). The third kappa shape index (κ3) is 3.34. The smallest absolute Gasteiger partial charge is 0.226 e. The Bertz CT molecular complexity index is 481. The molecule has 0 radical (unpaired) electrons. The molecule has 0 aliphatic carbocycles. The van der Waals surface area contributed by atoms with Crippen LogP contribution in [0.25, 0.3) is 11.4 Å². The molecule has 4 nitrogen and oxygen atoms in total. The van der Waals surface area contributed by atoms with Gasteiger partial charge in [-0.1, -0.05) is 5.16 Å². The monoisotopic (exact) mass is 263 g/mol. The minimum Gasteiger partial charge on any atom is -0.339 e. The van der Waals surface area contributed by atoms with Crippen molar-refractivity contribution in [2.75, 3.05) is 12.8 Å². The number of unbranched alkanes of at least 4 members (excludes halogenated alkanes) is 1. The van der Waals surface area contributed by atoms with Crippen LogP contribution in [0.4, 0.5) is 0 Å². The maximum absolute atomic E-state index is 5.45. The fourth-order valence-corrected chi connectivity index (χ4v) is 2.04. The van der Waals surface area contributed by atoms with E-state index in [-0.39, 0.29) is 0 Å². The number of hydrogen-bond donors (Lipinski definition) is 1. The predicted octanol–water partition coefficient (Wildman–Crippen LogP) is 2.74. The highest BCUT2D eigenvalue weighted by Crippen LogP contribution is 2.21. The van der Waals surface area contributed by atoms with Gasteiger partial charge in [-0.25, -0.2) is 0 Å². The van der Waals surface area contributed by atoms with E-state index in [1.165, 1.54) is 4.90 Å². The predicted molar refractivity (Wildman–Crippen MR) is 73.5 cm³/mol. The summed E-state index contributed by atoms with van der Waals surface area (Å²) in [6, 6.07) is 8.15. The van der Waals surface area contributed by atoms with E-state index in [1.54, 1.807) is 11.8 Å². The number of nitrogens with zero attached hydrogens (tertiary/aromatic N) is 2. The number of thioether (sulfide) groups is 1. The van der Waals surface area contributed by atoms with Crippen molar-refractivity contribution in [3.8, 4) is 11.4 Å². The molecule has 0 bridgehead atoms. The Hall–Kier alpha value is -1.33. The van der Waals surface area contributed by atoms with Crippen LogP contribution in [0.2, 0.25) is 0 Å². The van der Waals surface area contributed by atoms with Gasteiger partial charge >= 0.3 is 0 Å². The summed E-state index contributed by atoms with van der Waals surface area (Å²) < 4.78 is 5.22. The van der Waals surface area contributed by atoms with Crippen LogP contribution in [-0.2, 0) is 6.42 Å². The van der Waals surface area contributed by atoms with E-state index in [4.69, 9.17) is 10.3 Å². The molecular weight excluding hydrogens is 246 g/mol. The van der Waals surface area contributed by atoms with Crippen molar-refractivity contribution >= 4 is 11.8 Å². The molecule has 0 fully saturated rings. The zero-order valence-electron chi connectivity index (χ0n) is 10.4. The van der Waals surface area contributed by atoms with Crippen LogP contribution in [0.1, 0.15) is 18.7 Å². The molecule has 0 aliphatic heterocycles. The fraction of sp³-hybridized carbons (Fsp3) is 0.385. The first-order valence-electron chi connectivity index (χ1n) is 6.00.